The molecule has 77 heavy (non-hydrogen) atoms. The van der Waals surface area contributed by atoms with Gasteiger partial charge in [0.1, 0.15) is 36.3 Å². The van der Waals surface area contributed by atoms with E-state index < -0.39 is 84.6 Å². The van der Waals surface area contributed by atoms with Crippen LogP contribution >= 0.6 is 35.2 Å². The van der Waals surface area contributed by atoms with Gasteiger partial charge in [-0.15, -0.1) is 0 Å². The highest BCUT2D eigenvalue weighted by atomic mass is 32.2. The molecule has 4 aliphatic carbocycles. The van der Waals surface area contributed by atoms with E-state index in [4.69, 9.17) is 19.5 Å². The Kier molecular flexibility index (Phi) is 19.7. The fourth-order valence-electron chi connectivity index (χ4n) is 13.0. The van der Waals surface area contributed by atoms with E-state index in [1.54, 1.807) is 0 Å². The summed E-state index contributed by atoms with van der Waals surface area (Å²) in [6, 6.07) is 0. The molecule has 0 bridgehead atoms. The maximum Gasteiger partial charge on any atom is 0.481 e. The summed E-state index contributed by atoms with van der Waals surface area (Å²) in [6.45, 7) is 9.88. The number of hydrogen-bond acceptors (Lipinski definition) is 19. The van der Waals surface area contributed by atoms with Crippen LogP contribution in [0.2, 0.25) is 0 Å². The zero-order valence-electron chi connectivity index (χ0n) is 44.3. The van der Waals surface area contributed by atoms with Crippen molar-refractivity contribution in [3.05, 3.63) is 24.3 Å². The van der Waals surface area contributed by atoms with Gasteiger partial charge in [0, 0.05) is 43.0 Å². The van der Waals surface area contributed by atoms with Crippen LogP contribution < -0.4 is 16.4 Å². The van der Waals surface area contributed by atoms with E-state index in [1.807, 2.05) is 13.0 Å². The summed E-state index contributed by atoms with van der Waals surface area (Å²) in [5.41, 5.74) is 6.21. The van der Waals surface area contributed by atoms with Crippen LogP contribution in [0, 0.1) is 51.8 Å². The highest BCUT2D eigenvalue weighted by molar-refractivity contribution is 8.13. The number of carbonyl (C=O) groups is 4. The minimum absolute atomic E-state index is 0.0312. The number of phosphoric acid groups is 3. The average molecular weight is 1160 g/mol. The number of carbonyl (C=O) groups excluding carboxylic acids is 4. The Balaban J connectivity index is 0.762. The minimum atomic E-state index is -5.59. The minimum Gasteiger partial charge on any atom is -0.386 e. The lowest BCUT2D eigenvalue weighted by Gasteiger charge is -2.58. The molecule has 0 spiro atoms. The van der Waals surface area contributed by atoms with Gasteiger partial charge in [-0.25, -0.2) is 28.6 Å². The van der Waals surface area contributed by atoms with Crippen molar-refractivity contribution in [1.29, 1.82) is 0 Å². The van der Waals surface area contributed by atoms with Gasteiger partial charge in [-0.05, 0) is 97.9 Å². The fourth-order valence-corrected chi connectivity index (χ4v) is 16.7. The molecule has 7 rings (SSSR count). The number of rotatable bonds is 25. The first-order chi connectivity index (χ1) is 35.9. The largest absolute Gasteiger partial charge is 0.481 e. The lowest BCUT2D eigenvalue weighted by Crippen LogP contribution is -2.50. The summed E-state index contributed by atoms with van der Waals surface area (Å²) in [6.07, 6.45) is 6.90. The van der Waals surface area contributed by atoms with Crippen molar-refractivity contribution in [3.63, 3.8) is 0 Å². The Morgan fingerprint density at radius 3 is 2.42 bits per heavy atom. The van der Waals surface area contributed by atoms with Crippen LogP contribution in [0.5, 0.6) is 0 Å². The number of nitrogens with two attached hydrogens (primary N) is 1. The third-order valence-corrected chi connectivity index (χ3v) is 21.4. The molecule has 29 heteroatoms. The number of nitrogens with zero attached hydrogens (tertiary/aromatic N) is 4. The first-order valence-corrected chi connectivity index (χ1v) is 31.8. The normalized spacial score (nSPS) is 31.2. The van der Waals surface area contributed by atoms with Gasteiger partial charge in [0.05, 0.1) is 19.5 Å². The molecule has 2 aromatic heterocycles. The molecule has 2 aromatic rings. The van der Waals surface area contributed by atoms with Gasteiger partial charge < -0.3 is 50.9 Å². The number of anilines is 1. The van der Waals surface area contributed by atoms with Crippen LogP contribution in [0.3, 0.4) is 0 Å². The Bertz CT molecular complexity index is 2680. The number of imidazole rings is 1. The van der Waals surface area contributed by atoms with E-state index in [-0.39, 0.29) is 52.9 Å². The average Bonchev–Trinajstić information content (AvgIpc) is 4.21. The van der Waals surface area contributed by atoms with E-state index in [1.165, 1.54) is 63.3 Å². The van der Waals surface area contributed by atoms with Gasteiger partial charge in [-0.3, -0.25) is 37.3 Å². The third-order valence-electron chi connectivity index (χ3n) is 17.2. The molecule has 0 aromatic carbocycles. The van der Waals surface area contributed by atoms with Gasteiger partial charge in [0.2, 0.25) is 11.8 Å². The Hall–Kier alpha value is -3.03. The highest BCUT2D eigenvalue weighted by Crippen LogP contribution is 2.68. The molecule has 3 saturated carbocycles. The lowest BCUT2D eigenvalue weighted by molar-refractivity contribution is -0.137. The van der Waals surface area contributed by atoms with Gasteiger partial charge >= 0.3 is 23.5 Å². The molecule has 0 radical (unpaired) electrons. The molecule has 4 fully saturated rings. The van der Waals surface area contributed by atoms with Crippen molar-refractivity contribution in [2.45, 2.75) is 149 Å². The summed E-state index contributed by atoms with van der Waals surface area (Å²) in [5.74, 6) is 2.50. The van der Waals surface area contributed by atoms with E-state index >= 15 is 0 Å². The Morgan fingerprint density at radius 2 is 1.69 bits per heavy atom. The molecule has 1 saturated heterocycles. The second-order valence-corrected chi connectivity index (χ2v) is 28.1. The summed E-state index contributed by atoms with van der Waals surface area (Å²) in [4.78, 5) is 102. The van der Waals surface area contributed by atoms with Crippen LogP contribution in [0.25, 0.3) is 11.2 Å². The molecular weight excluding hydrogens is 1090 g/mol. The van der Waals surface area contributed by atoms with Crippen LogP contribution in [-0.2, 0) is 55.5 Å². The van der Waals surface area contributed by atoms with E-state index in [2.05, 4.69) is 55.2 Å². The number of nitrogens with one attached hydrogen (secondary N) is 2. The van der Waals surface area contributed by atoms with E-state index in [9.17, 15) is 62.7 Å². The predicted octanol–water partition coefficient (Wildman–Crippen LogP) is 5.26. The topological polar surface area (TPSA) is 381 Å². The SMILES string of the molecule is C[C@H](CCC[C@@H](C)[C@H]1CC[C@H]2[C@@H]3CCC4=CC(=O)CC[C@]4(C)[C@H]3CC[C@]12C)C(=O)SCCNC(=O)CCNC(=O)[C@H](O)C(C)(C)COP(=O)(O)OP(=O)(O)OC[C@H]1O[C@@H](n2cnc3c(N)ncnc32)[C@H](O)[C@@H]1OP(=O)(O)O. The molecule has 25 nitrogen and oxygen atoms in total. The molecule has 15 atom stereocenters. The lowest BCUT2D eigenvalue weighted by atomic mass is 9.46. The summed E-state index contributed by atoms with van der Waals surface area (Å²) < 4.78 is 62.8. The number of fused-ring (bicyclic) bond motifs is 6. The summed E-state index contributed by atoms with van der Waals surface area (Å²) in [5, 5.41) is 26.9. The monoisotopic (exact) mass is 1160 g/mol. The molecule has 1 aliphatic heterocycles. The van der Waals surface area contributed by atoms with Gasteiger partial charge in [0.25, 0.3) is 0 Å². The molecule has 10 N–H and O–H groups in total. The zero-order valence-corrected chi connectivity index (χ0v) is 47.8. The first kappa shape index (κ1) is 61.6. The van der Waals surface area contributed by atoms with Crippen molar-refractivity contribution >= 4 is 74.9 Å². The fraction of sp³-hybridized carbons (Fsp3) is 0.771. The number of ether oxygens (including phenoxy) is 1. The highest BCUT2D eigenvalue weighted by Gasteiger charge is 2.59. The second-order valence-electron chi connectivity index (χ2n) is 22.7. The maximum absolute atomic E-state index is 13.0. The van der Waals surface area contributed by atoms with Crippen molar-refractivity contribution in [2.24, 2.45) is 51.8 Å². The van der Waals surface area contributed by atoms with Crippen molar-refractivity contribution in [3.8, 4) is 0 Å². The van der Waals surface area contributed by atoms with Gasteiger partial charge in [-0.1, -0.05) is 71.7 Å². The third kappa shape index (κ3) is 14.5. The number of amides is 2. The molecule has 2 unspecified atom stereocenters. The number of nitrogen functional groups attached to an aromatic ring is 1. The summed E-state index contributed by atoms with van der Waals surface area (Å²) >= 11 is 1.17. The molecule has 432 valence electrons. The van der Waals surface area contributed by atoms with Crippen LogP contribution in [0.1, 0.15) is 125 Å². The maximum atomic E-state index is 13.0. The van der Waals surface area contributed by atoms with E-state index in [0.29, 0.717) is 41.1 Å². The first-order valence-electron chi connectivity index (χ1n) is 26.2. The number of phosphoric ester groups is 3. The molecule has 3 heterocycles. The Labute approximate surface area is 451 Å². The molecule has 5 aliphatic rings. The van der Waals surface area contributed by atoms with Gasteiger partial charge in [-0.2, -0.15) is 4.31 Å². The number of aliphatic hydroxyl groups excluding tert-OH is 2. The smallest absolute Gasteiger partial charge is 0.386 e. The number of aromatic nitrogens is 4. The summed E-state index contributed by atoms with van der Waals surface area (Å²) in [7, 11) is -16.5. The standard InChI is InChI=1S/C48H76N7O18P3S/c1-27(32-12-13-33-31-11-10-29-22-30(56)14-17-47(29,5)34(31)15-18-48(32,33)6)8-7-9-28(2)45(61)77-21-20-50-36(57)16-19-51-43(60)40(59)46(3,4)24-70-76(67,68)73-75(65,66)69-23-35-39(72-74(62,63)64)38(58)44(71-35)55-26-54-37-41(49)52-25-53-42(37)55/h22,25-28,31-35,38-40,44,58-59H,7-21,23-24H2,1-6H3,(H,50,57)(H,51,60)(H,65,66)(H,67,68)(H2,49,52,53)(H2,62,63,64)/t27-,28-,31+,32-,33+,34+,35-,38-,39-,40+,44-,47+,48-/m1/s1. The number of hydrogen-bond donors (Lipinski definition) is 9. The van der Waals surface area contributed by atoms with Crippen LogP contribution in [-0.4, -0.2) is 128 Å². The Morgan fingerprint density at radius 1 is 0.961 bits per heavy atom. The number of allylic oxidation sites excluding steroid dienone is 1. The van der Waals surface area contributed by atoms with E-state index in [0.717, 1.165) is 61.2 Å². The van der Waals surface area contributed by atoms with Crippen molar-refractivity contribution in [2.75, 3.05) is 37.8 Å². The predicted molar refractivity (Wildman–Crippen MR) is 279 cm³/mol. The number of aliphatic hydroxyl groups is 2. The molecular formula is C48H76N7O18P3S. The van der Waals surface area contributed by atoms with Crippen molar-refractivity contribution < 1.29 is 85.3 Å². The van der Waals surface area contributed by atoms with Crippen LogP contribution in [0.4, 0.5) is 5.82 Å². The second kappa shape index (κ2) is 24.6. The number of ketones is 1. The molecule has 2 amide bonds. The van der Waals surface area contributed by atoms with Crippen molar-refractivity contribution in [1.82, 2.24) is 30.2 Å². The zero-order chi connectivity index (χ0) is 56.5. The number of thioether (sulfide) groups is 1. The van der Waals surface area contributed by atoms with Gasteiger partial charge in [0.15, 0.2) is 28.6 Å². The van der Waals surface area contributed by atoms with Crippen LogP contribution in [0.15, 0.2) is 24.3 Å². The quantitative estimate of drug-likeness (QED) is 0.0452.